The molecule has 0 aliphatic heterocycles. The number of halogens is 1. The van der Waals surface area contributed by atoms with Gasteiger partial charge in [0.1, 0.15) is 5.82 Å². The molecule has 0 aliphatic carbocycles. The largest absolute Gasteiger partial charge is 0.391 e. The number of rotatable bonds is 5. The van der Waals surface area contributed by atoms with Crippen molar-refractivity contribution in [2.45, 2.75) is 33.3 Å². The summed E-state index contributed by atoms with van der Waals surface area (Å²) in [5.74, 6) is -0.506. The van der Waals surface area contributed by atoms with E-state index in [1.807, 2.05) is 20.8 Å². The van der Waals surface area contributed by atoms with Crippen LogP contribution in [-0.4, -0.2) is 23.7 Å². The van der Waals surface area contributed by atoms with Crippen molar-refractivity contribution in [1.29, 1.82) is 0 Å². The predicted molar refractivity (Wildman–Crippen MR) is 78.5 cm³/mol. The van der Waals surface area contributed by atoms with Gasteiger partial charge in [0.05, 0.1) is 6.10 Å². The van der Waals surface area contributed by atoms with E-state index in [0.717, 1.165) is 0 Å². The van der Waals surface area contributed by atoms with Crippen LogP contribution in [0, 0.1) is 11.2 Å². The van der Waals surface area contributed by atoms with Crippen molar-refractivity contribution in [1.82, 2.24) is 5.32 Å². The molecule has 1 amide bonds. The Kier molecular flexibility index (Phi) is 5.89. The van der Waals surface area contributed by atoms with Crippen molar-refractivity contribution < 1.29 is 14.3 Å². The first-order valence-corrected chi connectivity index (χ1v) is 6.66. The lowest BCUT2D eigenvalue weighted by Crippen LogP contribution is -2.39. The van der Waals surface area contributed by atoms with Crippen LogP contribution in [-0.2, 0) is 4.79 Å². The van der Waals surface area contributed by atoms with Crippen LogP contribution in [0.1, 0.15) is 32.8 Å². The number of carbonyl (C=O) groups is 1. The van der Waals surface area contributed by atoms with E-state index in [4.69, 9.17) is 0 Å². The molecule has 110 valence electrons. The molecule has 2 N–H and O–H groups in total. The van der Waals surface area contributed by atoms with Crippen molar-refractivity contribution in [3.8, 4) is 0 Å². The van der Waals surface area contributed by atoms with Gasteiger partial charge in [0, 0.05) is 18.5 Å². The number of hydrogen-bond donors (Lipinski definition) is 2. The molecule has 1 aromatic carbocycles. The molecule has 1 unspecified atom stereocenters. The van der Waals surface area contributed by atoms with Gasteiger partial charge in [0.25, 0.3) is 0 Å². The van der Waals surface area contributed by atoms with Crippen LogP contribution in [0.2, 0.25) is 0 Å². The van der Waals surface area contributed by atoms with Crippen LogP contribution in [0.5, 0.6) is 0 Å². The molecule has 1 atom stereocenters. The molecule has 1 rings (SSSR count). The molecule has 0 bridgehead atoms. The lowest BCUT2D eigenvalue weighted by atomic mass is 9.89. The molecular weight excluding hydrogens is 257 g/mol. The number of aliphatic hydroxyl groups is 1. The van der Waals surface area contributed by atoms with Gasteiger partial charge in [-0.2, -0.15) is 0 Å². The van der Waals surface area contributed by atoms with Gasteiger partial charge in [-0.1, -0.05) is 51.1 Å². The second-order valence-electron chi connectivity index (χ2n) is 5.81. The molecule has 0 heterocycles. The third-order valence-corrected chi connectivity index (χ3v) is 3.00. The average Bonchev–Trinajstić information content (AvgIpc) is 2.37. The SMILES string of the molecule is CC(C)(C)C(O)CNC(=O)C/C=C/c1ccccc1F. The molecule has 0 radical (unpaired) electrons. The number of nitrogens with one attached hydrogen (secondary N) is 1. The Morgan fingerprint density at radius 2 is 2.05 bits per heavy atom. The van der Waals surface area contributed by atoms with E-state index in [2.05, 4.69) is 5.32 Å². The fourth-order valence-electron chi connectivity index (χ4n) is 1.49. The maximum Gasteiger partial charge on any atom is 0.223 e. The molecule has 3 nitrogen and oxygen atoms in total. The molecule has 0 fully saturated rings. The summed E-state index contributed by atoms with van der Waals surface area (Å²) in [5, 5.41) is 12.4. The van der Waals surface area contributed by atoms with Crippen LogP contribution < -0.4 is 5.32 Å². The maximum atomic E-state index is 13.3. The fourth-order valence-corrected chi connectivity index (χ4v) is 1.49. The Labute approximate surface area is 119 Å². The van der Waals surface area contributed by atoms with E-state index in [9.17, 15) is 14.3 Å². The Hall–Kier alpha value is -1.68. The minimum Gasteiger partial charge on any atom is -0.391 e. The van der Waals surface area contributed by atoms with Gasteiger partial charge in [-0.25, -0.2) is 4.39 Å². The smallest absolute Gasteiger partial charge is 0.223 e. The van der Waals surface area contributed by atoms with E-state index >= 15 is 0 Å². The summed E-state index contributed by atoms with van der Waals surface area (Å²) < 4.78 is 13.3. The van der Waals surface area contributed by atoms with Gasteiger partial charge < -0.3 is 10.4 Å². The Morgan fingerprint density at radius 3 is 2.65 bits per heavy atom. The van der Waals surface area contributed by atoms with E-state index < -0.39 is 6.10 Å². The quantitative estimate of drug-likeness (QED) is 0.870. The van der Waals surface area contributed by atoms with Crippen molar-refractivity contribution in [3.05, 3.63) is 41.7 Å². The molecule has 0 aromatic heterocycles. The van der Waals surface area contributed by atoms with E-state index in [1.165, 1.54) is 6.07 Å². The van der Waals surface area contributed by atoms with Gasteiger partial charge in [0.2, 0.25) is 5.91 Å². The average molecular weight is 279 g/mol. The minimum atomic E-state index is -0.595. The van der Waals surface area contributed by atoms with Gasteiger partial charge in [-0.05, 0) is 11.5 Å². The molecule has 20 heavy (non-hydrogen) atoms. The fraction of sp³-hybridized carbons (Fsp3) is 0.438. The summed E-state index contributed by atoms with van der Waals surface area (Å²) in [5.41, 5.74) is 0.186. The highest BCUT2D eigenvalue weighted by Gasteiger charge is 2.22. The minimum absolute atomic E-state index is 0.158. The van der Waals surface area contributed by atoms with Crippen LogP contribution in [0.3, 0.4) is 0 Å². The van der Waals surface area contributed by atoms with Crippen LogP contribution in [0.25, 0.3) is 6.08 Å². The first kappa shape index (κ1) is 16.4. The van der Waals surface area contributed by atoms with Gasteiger partial charge >= 0.3 is 0 Å². The monoisotopic (exact) mass is 279 g/mol. The summed E-state index contributed by atoms with van der Waals surface area (Å²) >= 11 is 0. The molecule has 0 saturated heterocycles. The number of hydrogen-bond acceptors (Lipinski definition) is 2. The second kappa shape index (κ2) is 7.20. The zero-order valence-corrected chi connectivity index (χ0v) is 12.2. The predicted octanol–water partition coefficient (Wildman–Crippen LogP) is 2.75. The van der Waals surface area contributed by atoms with Gasteiger partial charge in [0.15, 0.2) is 0 Å². The molecule has 0 spiro atoms. The van der Waals surface area contributed by atoms with Crippen molar-refractivity contribution >= 4 is 12.0 Å². The number of aliphatic hydroxyl groups excluding tert-OH is 1. The van der Waals surface area contributed by atoms with Crippen LogP contribution >= 0.6 is 0 Å². The Morgan fingerprint density at radius 1 is 1.40 bits per heavy atom. The van der Waals surface area contributed by atoms with Crippen molar-refractivity contribution in [2.24, 2.45) is 5.41 Å². The van der Waals surface area contributed by atoms with Gasteiger partial charge in [-0.3, -0.25) is 4.79 Å². The highest BCUT2D eigenvalue weighted by molar-refractivity contribution is 5.78. The van der Waals surface area contributed by atoms with E-state index in [-0.39, 0.29) is 30.1 Å². The normalized spacial score (nSPS) is 13.4. The van der Waals surface area contributed by atoms with Crippen molar-refractivity contribution in [2.75, 3.05) is 6.54 Å². The molecule has 4 heteroatoms. The summed E-state index contributed by atoms with van der Waals surface area (Å²) in [6.07, 6.45) is 2.75. The molecule has 0 saturated carbocycles. The zero-order valence-electron chi connectivity index (χ0n) is 12.2. The Balaban J connectivity index is 2.39. The van der Waals surface area contributed by atoms with Crippen molar-refractivity contribution in [3.63, 3.8) is 0 Å². The van der Waals surface area contributed by atoms with Crippen LogP contribution in [0.15, 0.2) is 30.3 Å². The van der Waals surface area contributed by atoms with E-state index in [0.29, 0.717) is 5.56 Å². The highest BCUT2D eigenvalue weighted by atomic mass is 19.1. The summed E-state index contributed by atoms with van der Waals surface area (Å²) in [6.45, 7) is 5.93. The standard InChI is InChI=1S/C16H22FNO2/c1-16(2,3)14(19)11-18-15(20)10-6-8-12-7-4-5-9-13(12)17/h4-9,14,19H,10-11H2,1-3H3,(H,18,20)/b8-6+. The Bertz CT molecular complexity index is 478. The molecular formula is C16H22FNO2. The first-order chi connectivity index (χ1) is 9.30. The van der Waals surface area contributed by atoms with E-state index in [1.54, 1.807) is 30.4 Å². The van der Waals surface area contributed by atoms with Crippen LogP contribution in [0.4, 0.5) is 4.39 Å². The number of amides is 1. The molecule has 1 aromatic rings. The zero-order chi connectivity index (χ0) is 15.2. The lowest BCUT2D eigenvalue weighted by molar-refractivity contribution is -0.121. The summed E-state index contributed by atoms with van der Waals surface area (Å²) in [6, 6.07) is 6.38. The molecule has 0 aliphatic rings. The highest BCUT2D eigenvalue weighted by Crippen LogP contribution is 2.18. The lowest BCUT2D eigenvalue weighted by Gasteiger charge is -2.25. The number of carbonyl (C=O) groups excluding carboxylic acids is 1. The topological polar surface area (TPSA) is 49.3 Å². The number of benzene rings is 1. The summed E-state index contributed by atoms with van der Waals surface area (Å²) in [7, 11) is 0. The third-order valence-electron chi connectivity index (χ3n) is 3.00. The third kappa shape index (κ3) is 5.53. The van der Waals surface area contributed by atoms with Gasteiger partial charge in [-0.15, -0.1) is 0 Å². The summed E-state index contributed by atoms with van der Waals surface area (Å²) in [4.78, 5) is 11.6. The second-order valence-corrected chi connectivity index (χ2v) is 5.81. The maximum absolute atomic E-state index is 13.3. The first-order valence-electron chi connectivity index (χ1n) is 6.66.